The summed E-state index contributed by atoms with van der Waals surface area (Å²) >= 11 is 1.66. The molecule has 17 heavy (non-hydrogen) atoms. The third-order valence-corrected chi connectivity index (χ3v) is 4.02. The second kappa shape index (κ2) is 7.69. The van der Waals surface area contributed by atoms with E-state index in [2.05, 4.69) is 0 Å². The molecule has 2 N–H and O–H groups in total. The first-order chi connectivity index (χ1) is 8.20. The molecule has 2 unspecified atom stereocenters. The van der Waals surface area contributed by atoms with Gasteiger partial charge in [-0.3, -0.25) is 0 Å². The van der Waals surface area contributed by atoms with Crippen LogP contribution in [0.25, 0.3) is 0 Å². The van der Waals surface area contributed by atoms with Crippen LogP contribution in [0.5, 0.6) is 0 Å². The van der Waals surface area contributed by atoms with Gasteiger partial charge < -0.3 is 10.5 Å². The summed E-state index contributed by atoms with van der Waals surface area (Å²) in [5.74, 6) is 0.648. The van der Waals surface area contributed by atoms with Crippen LogP contribution in [0.3, 0.4) is 0 Å². The first-order valence-corrected chi connectivity index (χ1v) is 6.86. The number of methoxy groups -OCH3 is 1. The lowest BCUT2D eigenvalue weighted by Crippen LogP contribution is -2.26. The van der Waals surface area contributed by atoms with Crippen molar-refractivity contribution in [3.8, 4) is 0 Å². The Morgan fingerprint density at radius 2 is 2.12 bits per heavy atom. The van der Waals surface area contributed by atoms with Gasteiger partial charge in [0.25, 0.3) is 0 Å². The predicted octanol–water partition coefficient (Wildman–Crippen LogP) is 2.98. The third kappa shape index (κ3) is 4.30. The zero-order chi connectivity index (χ0) is 12.7. The molecule has 2 atom stereocenters. The van der Waals surface area contributed by atoms with Gasteiger partial charge >= 0.3 is 0 Å². The largest absolute Gasteiger partial charge is 0.384 e. The maximum atomic E-state index is 13.7. The van der Waals surface area contributed by atoms with Crippen molar-refractivity contribution >= 4 is 11.8 Å². The molecule has 0 fully saturated rings. The third-order valence-electron chi connectivity index (χ3n) is 2.66. The fourth-order valence-corrected chi connectivity index (χ4v) is 2.95. The van der Waals surface area contributed by atoms with Gasteiger partial charge in [0.05, 0.1) is 6.61 Å². The lowest BCUT2D eigenvalue weighted by molar-refractivity contribution is 0.218. The second-order valence-electron chi connectivity index (χ2n) is 3.88. The van der Waals surface area contributed by atoms with Crippen molar-refractivity contribution in [3.63, 3.8) is 0 Å². The first-order valence-electron chi connectivity index (χ1n) is 5.81. The molecule has 4 heteroatoms. The highest BCUT2D eigenvalue weighted by atomic mass is 32.2. The zero-order valence-corrected chi connectivity index (χ0v) is 11.2. The van der Waals surface area contributed by atoms with Crippen LogP contribution in [0.1, 0.15) is 24.2 Å². The molecule has 2 nitrogen and oxygen atoms in total. The van der Waals surface area contributed by atoms with Crippen molar-refractivity contribution in [2.45, 2.75) is 24.6 Å². The lowest BCUT2D eigenvalue weighted by Gasteiger charge is -2.23. The molecule has 1 rings (SSSR count). The molecule has 0 bridgehead atoms. The van der Waals surface area contributed by atoms with Gasteiger partial charge in [-0.1, -0.05) is 25.1 Å². The summed E-state index contributed by atoms with van der Waals surface area (Å²) in [6.45, 7) is 2.68. The Labute approximate surface area is 107 Å². The van der Waals surface area contributed by atoms with E-state index in [0.29, 0.717) is 12.2 Å². The molecule has 0 spiro atoms. The van der Waals surface area contributed by atoms with E-state index in [0.717, 1.165) is 12.2 Å². The first kappa shape index (κ1) is 14.5. The normalized spacial score (nSPS) is 14.6. The molecule has 0 radical (unpaired) electrons. The SMILES string of the molecule is CCC(N)C(SCCOC)c1ccccc1F. The van der Waals surface area contributed by atoms with Crippen molar-refractivity contribution in [2.75, 3.05) is 19.5 Å². The fraction of sp³-hybridized carbons (Fsp3) is 0.538. The Hall–Kier alpha value is -0.580. The average molecular weight is 257 g/mol. The number of halogens is 1. The number of thioether (sulfide) groups is 1. The highest BCUT2D eigenvalue weighted by Gasteiger charge is 2.21. The number of rotatable bonds is 7. The monoisotopic (exact) mass is 257 g/mol. The fourth-order valence-electron chi connectivity index (χ4n) is 1.62. The van der Waals surface area contributed by atoms with Crippen LogP contribution in [0.15, 0.2) is 24.3 Å². The summed E-state index contributed by atoms with van der Waals surface area (Å²) in [5.41, 5.74) is 6.77. The van der Waals surface area contributed by atoms with E-state index in [1.54, 1.807) is 24.9 Å². The van der Waals surface area contributed by atoms with Crippen LogP contribution in [0, 0.1) is 5.82 Å². The summed E-state index contributed by atoms with van der Waals surface area (Å²) in [5, 5.41) is -0.00338. The number of benzene rings is 1. The maximum absolute atomic E-state index is 13.7. The molecule has 0 heterocycles. The minimum Gasteiger partial charge on any atom is -0.384 e. The molecule has 0 saturated carbocycles. The standard InChI is InChI=1S/C13H20FNOS/c1-3-12(15)13(17-9-8-16-2)10-6-4-5-7-11(10)14/h4-7,12-13H,3,8-9,15H2,1-2H3. The van der Waals surface area contributed by atoms with Gasteiger partial charge in [0.1, 0.15) is 5.82 Å². The van der Waals surface area contributed by atoms with Crippen LogP contribution in [-0.4, -0.2) is 25.5 Å². The van der Waals surface area contributed by atoms with E-state index in [1.807, 2.05) is 19.1 Å². The van der Waals surface area contributed by atoms with Gasteiger partial charge in [0, 0.05) is 29.7 Å². The zero-order valence-electron chi connectivity index (χ0n) is 10.4. The van der Waals surface area contributed by atoms with Crippen LogP contribution < -0.4 is 5.73 Å². The molecule has 1 aromatic rings. The van der Waals surface area contributed by atoms with Crippen molar-refractivity contribution in [1.29, 1.82) is 0 Å². The van der Waals surface area contributed by atoms with E-state index in [4.69, 9.17) is 10.5 Å². The summed E-state index contributed by atoms with van der Waals surface area (Å²) < 4.78 is 18.8. The Kier molecular flexibility index (Phi) is 6.55. The van der Waals surface area contributed by atoms with Gasteiger partial charge in [-0.05, 0) is 12.5 Å². The van der Waals surface area contributed by atoms with Crippen molar-refractivity contribution in [2.24, 2.45) is 5.73 Å². The van der Waals surface area contributed by atoms with Crippen LogP contribution in [0.4, 0.5) is 4.39 Å². The minimum atomic E-state index is -0.175. The van der Waals surface area contributed by atoms with Gasteiger partial charge in [-0.15, -0.1) is 11.8 Å². The summed E-state index contributed by atoms with van der Waals surface area (Å²) in [6.07, 6.45) is 0.832. The van der Waals surface area contributed by atoms with Gasteiger partial charge in [0.15, 0.2) is 0 Å². The predicted molar refractivity (Wildman–Crippen MR) is 71.7 cm³/mol. The number of nitrogens with two attached hydrogens (primary N) is 1. The Bertz CT molecular complexity index is 335. The second-order valence-corrected chi connectivity index (χ2v) is 5.13. The van der Waals surface area contributed by atoms with E-state index >= 15 is 0 Å². The Morgan fingerprint density at radius 3 is 2.71 bits per heavy atom. The highest BCUT2D eigenvalue weighted by molar-refractivity contribution is 7.99. The van der Waals surface area contributed by atoms with Crippen LogP contribution in [0.2, 0.25) is 0 Å². The molecule has 0 aliphatic carbocycles. The Morgan fingerprint density at radius 1 is 1.41 bits per heavy atom. The average Bonchev–Trinajstić information content (AvgIpc) is 2.35. The molecule has 0 amide bonds. The minimum absolute atomic E-state index is 0.00338. The molecule has 0 aliphatic heterocycles. The quantitative estimate of drug-likeness (QED) is 0.763. The topological polar surface area (TPSA) is 35.2 Å². The van der Waals surface area contributed by atoms with Crippen LogP contribution >= 0.6 is 11.8 Å². The summed E-state index contributed by atoms with van der Waals surface area (Å²) in [6, 6.07) is 6.82. The number of hydrogen-bond acceptors (Lipinski definition) is 3. The van der Waals surface area contributed by atoms with Crippen LogP contribution in [-0.2, 0) is 4.74 Å². The van der Waals surface area contributed by atoms with E-state index < -0.39 is 0 Å². The van der Waals surface area contributed by atoms with Gasteiger partial charge in [0.2, 0.25) is 0 Å². The highest BCUT2D eigenvalue weighted by Crippen LogP contribution is 2.33. The molecule has 0 aliphatic rings. The molecular formula is C13H20FNOS. The number of hydrogen-bond donors (Lipinski definition) is 1. The molecular weight excluding hydrogens is 237 g/mol. The maximum Gasteiger partial charge on any atom is 0.127 e. The molecule has 0 aromatic heterocycles. The van der Waals surface area contributed by atoms with Crippen molar-refractivity contribution < 1.29 is 9.13 Å². The molecule has 1 aromatic carbocycles. The summed E-state index contributed by atoms with van der Waals surface area (Å²) in [7, 11) is 1.67. The van der Waals surface area contributed by atoms with E-state index in [9.17, 15) is 4.39 Å². The van der Waals surface area contributed by atoms with Gasteiger partial charge in [-0.25, -0.2) is 4.39 Å². The van der Waals surface area contributed by atoms with E-state index in [1.165, 1.54) is 6.07 Å². The van der Waals surface area contributed by atoms with Crippen molar-refractivity contribution in [3.05, 3.63) is 35.6 Å². The van der Waals surface area contributed by atoms with Gasteiger partial charge in [-0.2, -0.15) is 0 Å². The smallest absolute Gasteiger partial charge is 0.127 e. The Balaban J connectivity index is 2.79. The molecule has 0 saturated heterocycles. The van der Waals surface area contributed by atoms with E-state index in [-0.39, 0.29) is 17.1 Å². The van der Waals surface area contributed by atoms with Crippen molar-refractivity contribution in [1.82, 2.24) is 0 Å². The number of ether oxygens (including phenoxy) is 1. The molecule has 96 valence electrons. The summed E-state index contributed by atoms with van der Waals surface area (Å²) in [4.78, 5) is 0. The lowest BCUT2D eigenvalue weighted by atomic mass is 10.0.